The summed E-state index contributed by atoms with van der Waals surface area (Å²) < 4.78 is 42.9. The standard InChI is InChI=1S/C37H44N2O6S/c1-24(2)22-39(46(42,43)23-27-12-8-5-9-13-27)30-15-14-29-31-20-28-32(41)21-33(44-25(3)40)35-34(28)37(29,36(30)45-35)17-19-38(31)18-16-26-10-6-4-7-11-26/h4-13,21,24,29-31,36,41H,14-20,22-23H2,1-3H3/t29-,30+,31+,36-,37-/m0/s1. The van der Waals surface area contributed by atoms with Crippen molar-refractivity contribution in [3.8, 4) is 17.2 Å². The van der Waals surface area contributed by atoms with E-state index in [1.165, 1.54) is 18.6 Å². The summed E-state index contributed by atoms with van der Waals surface area (Å²) in [7, 11) is -3.72. The van der Waals surface area contributed by atoms with Crippen molar-refractivity contribution in [3.63, 3.8) is 0 Å². The lowest BCUT2D eigenvalue weighted by Gasteiger charge is -2.60. The van der Waals surface area contributed by atoms with Gasteiger partial charge in [-0.1, -0.05) is 74.5 Å². The maximum atomic E-state index is 14.3. The summed E-state index contributed by atoms with van der Waals surface area (Å²) >= 11 is 0. The van der Waals surface area contributed by atoms with Crippen molar-refractivity contribution in [1.82, 2.24) is 9.21 Å². The average Bonchev–Trinajstić information content (AvgIpc) is 3.36. The first kappa shape index (κ1) is 31.2. The Bertz CT molecular complexity index is 1710. The van der Waals surface area contributed by atoms with Crippen molar-refractivity contribution in [3.05, 3.63) is 89.0 Å². The molecule has 3 aromatic carbocycles. The van der Waals surface area contributed by atoms with Gasteiger partial charge in [0.15, 0.2) is 11.5 Å². The summed E-state index contributed by atoms with van der Waals surface area (Å²) in [6.45, 7) is 7.59. The number of carbonyl (C=O) groups is 1. The zero-order valence-corrected chi connectivity index (χ0v) is 27.7. The second-order valence-electron chi connectivity index (χ2n) is 14.0. The van der Waals surface area contributed by atoms with Crippen molar-refractivity contribution in [2.75, 3.05) is 19.6 Å². The molecule has 2 fully saturated rings. The minimum absolute atomic E-state index is 0.0756. The summed E-state index contributed by atoms with van der Waals surface area (Å²) in [6, 6.07) is 21.2. The van der Waals surface area contributed by atoms with Gasteiger partial charge in [0.05, 0.1) is 11.8 Å². The molecule has 1 spiro atoms. The molecule has 1 saturated heterocycles. The number of esters is 1. The van der Waals surface area contributed by atoms with Gasteiger partial charge in [-0.05, 0) is 61.6 Å². The van der Waals surface area contributed by atoms with E-state index >= 15 is 0 Å². The van der Waals surface area contributed by atoms with Gasteiger partial charge in [0, 0.05) is 48.7 Å². The number of hydrogen-bond acceptors (Lipinski definition) is 7. The molecule has 0 amide bonds. The van der Waals surface area contributed by atoms with Crippen LogP contribution in [0.15, 0.2) is 66.7 Å². The smallest absolute Gasteiger partial charge is 0.308 e. The fraction of sp³-hybridized carbons (Fsp3) is 0.486. The summed E-state index contributed by atoms with van der Waals surface area (Å²) in [6.07, 6.45) is 3.47. The summed E-state index contributed by atoms with van der Waals surface area (Å²) in [4.78, 5) is 14.8. The van der Waals surface area contributed by atoms with E-state index in [-0.39, 0.29) is 35.1 Å². The lowest BCUT2D eigenvalue weighted by atomic mass is 9.51. The van der Waals surface area contributed by atoms with Crippen molar-refractivity contribution in [2.45, 2.75) is 82.2 Å². The third-order valence-corrected chi connectivity index (χ3v) is 12.6. The molecule has 9 heteroatoms. The molecule has 8 nitrogen and oxygen atoms in total. The van der Waals surface area contributed by atoms with Crippen LogP contribution >= 0.6 is 0 Å². The SMILES string of the molecule is CC(=O)Oc1cc(O)c2c3c1O[C@H]1[C@H](N(CC(C)C)S(=O)(=O)Cc4ccccc4)CC[C@H]4[C@@H](C2)N(CCc2ccccc2)CC[C@@]341. The van der Waals surface area contributed by atoms with Crippen molar-refractivity contribution in [2.24, 2.45) is 11.8 Å². The van der Waals surface area contributed by atoms with Crippen molar-refractivity contribution in [1.29, 1.82) is 0 Å². The van der Waals surface area contributed by atoms with Gasteiger partial charge in [0.2, 0.25) is 10.0 Å². The van der Waals surface area contributed by atoms with Gasteiger partial charge >= 0.3 is 5.97 Å². The first-order chi connectivity index (χ1) is 22.1. The Kier molecular flexibility index (Phi) is 8.14. The van der Waals surface area contributed by atoms with Gasteiger partial charge in [-0.2, -0.15) is 4.31 Å². The van der Waals surface area contributed by atoms with Crippen LogP contribution in [0.25, 0.3) is 0 Å². The zero-order valence-electron chi connectivity index (χ0n) is 26.9. The summed E-state index contributed by atoms with van der Waals surface area (Å²) in [5.41, 5.74) is 3.35. The molecule has 3 aromatic rings. The largest absolute Gasteiger partial charge is 0.508 e. The third-order valence-electron chi connectivity index (χ3n) is 10.7. The van der Waals surface area contributed by atoms with Gasteiger partial charge in [0.1, 0.15) is 11.9 Å². The number of carbonyl (C=O) groups excluding carboxylic acids is 1. The Morgan fingerprint density at radius 3 is 2.46 bits per heavy atom. The number of aromatic hydroxyl groups is 1. The van der Waals surface area contributed by atoms with Crippen LogP contribution in [0.5, 0.6) is 17.2 Å². The Labute approximate surface area is 272 Å². The monoisotopic (exact) mass is 644 g/mol. The molecular formula is C37H44N2O6S. The molecule has 0 unspecified atom stereocenters. The summed E-state index contributed by atoms with van der Waals surface area (Å²) in [5, 5.41) is 11.4. The van der Waals surface area contributed by atoms with E-state index in [4.69, 9.17) is 9.47 Å². The Hall–Kier alpha value is -3.40. The number of benzene rings is 3. The molecular weight excluding hydrogens is 600 g/mol. The average molecular weight is 645 g/mol. The molecule has 0 aromatic heterocycles. The molecule has 4 aliphatic rings. The van der Waals surface area contributed by atoms with E-state index in [1.807, 2.05) is 36.4 Å². The van der Waals surface area contributed by atoms with Crippen LogP contribution in [0.1, 0.15) is 62.3 Å². The molecule has 7 rings (SSSR count). The van der Waals surface area contributed by atoms with Crippen LogP contribution in [0.4, 0.5) is 0 Å². The number of phenolic OH excluding ortho intramolecular Hbond substituents is 1. The normalized spacial score (nSPS) is 26.5. The van der Waals surface area contributed by atoms with Gasteiger partial charge in [-0.25, -0.2) is 8.42 Å². The first-order valence-corrected chi connectivity index (χ1v) is 18.2. The first-order valence-electron chi connectivity index (χ1n) is 16.6. The van der Waals surface area contributed by atoms with Crippen LogP contribution in [0.2, 0.25) is 0 Å². The van der Waals surface area contributed by atoms with Gasteiger partial charge in [0.25, 0.3) is 0 Å². The topological polar surface area (TPSA) is 96.4 Å². The fourth-order valence-corrected chi connectivity index (χ4v) is 11.0. The number of rotatable bonds is 10. The number of likely N-dealkylation sites (tertiary alicyclic amines) is 1. The number of sulfonamides is 1. The van der Waals surface area contributed by atoms with Crippen LogP contribution in [0, 0.1) is 11.8 Å². The number of hydrogen-bond donors (Lipinski definition) is 1. The highest BCUT2D eigenvalue weighted by molar-refractivity contribution is 7.88. The second kappa shape index (κ2) is 12.0. The minimum Gasteiger partial charge on any atom is -0.508 e. The zero-order chi connectivity index (χ0) is 32.2. The molecule has 2 heterocycles. The van der Waals surface area contributed by atoms with E-state index in [1.54, 1.807) is 4.31 Å². The molecule has 2 bridgehead atoms. The van der Waals surface area contributed by atoms with Crippen molar-refractivity contribution < 1.29 is 27.8 Å². The molecule has 2 aliphatic heterocycles. The van der Waals surface area contributed by atoms with Gasteiger partial charge < -0.3 is 14.6 Å². The maximum Gasteiger partial charge on any atom is 0.308 e. The van der Waals surface area contributed by atoms with E-state index in [0.717, 1.165) is 49.0 Å². The highest BCUT2D eigenvalue weighted by atomic mass is 32.2. The fourth-order valence-electron chi connectivity index (χ4n) is 9.05. The van der Waals surface area contributed by atoms with Gasteiger partial charge in [-0.15, -0.1) is 0 Å². The summed E-state index contributed by atoms with van der Waals surface area (Å²) in [5.74, 6) is 0.606. The Morgan fingerprint density at radius 1 is 1.09 bits per heavy atom. The predicted molar refractivity (Wildman–Crippen MR) is 176 cm³/mol. The molecule has 244 valence electrons. The Morgan fingerprint density at radius 2 is 1.78 bits per heavy atom. The van der Waals surface area contributed by atoms with Crippen LogP contribution in [-0.4, -0.2) is 66.5 Å². The van der Waals surface area contributed by atoms with E-state index < -0.39 is 33.6 Å². The lowest BCUT2D eigenvalue weighted by molar-refractivity contribution is -0.132. The highest BCUT2D eigenvalue weighted by Crippen LogP contribution is 2.66. The molecule has 2 aliphatic carbocycles. The van der Waals surface area contributed by atoms with Crippen LogP contribution < -0.4 is 9.47 Å². The Balaban J connectivity index is 1.30. The molecule has 5 atom stereocenters. The predicted octanol–water partition coefficient (Wildman–Crippen LogP) is 5.46. The van der Waals surface area contributed by atoms with E-state index in [0.29, 0.717) is 25.1 Å². The minimum atomic E-state index is -3.72. The number of piperidine rings is 1. The number of nitrogens with zero attached hydrogens (tertiary/aromatic N) is 2. The highest BCUT2D eigenvalue weighted by Gasteiger charge is 2.67. The van der Waals surface area contributed by atoms with Crippen LogP contribution in [-0.2, 0) is 38.8 Å². The molecule has 1 saturated carbocycles. The molecule has 0 radical (unpaired) electrons. The van der Waals surface area contributed by atoms with Gasteiger partial charge in [-0.3, -0.25) is 9.69 Å². The number of phenols is 1. The molecule has 46 heavy (non-hydrogen) atoms. The van der Waals surface area contributed by atoms with Crippen molar-refractivity contribution >= 4 is 16.0 Å². The van der Waals surface area contributed by atoms with Crippen LogP contribution in [0.3, 0.4) is 0 Å². The molecule has 1 N–H and O–H groups in total. The maximum absolute atomic E-state index is 14.3. The van der Waals surface area contributed by atoms with E-state index in [9.17, 15) is 18.3 Å². The lowest BCUT2D eigenvalue weighted by Crippen LogP contribution is -2.69. The number of ether oxygens (including phenoxy) is 2. The van der Waals surface area contributed by atoms with E-state index in [2.05, 4.69) is 43.0 Å². The second-order valence-corrected chi connectivity index (χ2v) is 15.9. The third kappa shape index (κ3) is 5.30. The quantitative estimate of drug-likeness (QED) is 0.232.